The highest BCUT2D eigenvalue weighted by Crippen LogP contribution is 2.22. The van der Waals surface area contributed by atoms with Gasteiger partial charge in [0.05, 0.1) is 32.6 Å². The number of hydrogen-bond acceptors (Lipinski definition) is 5. The molecule has 0 spiro atoms. The first-order valence-electron chi connectivity index (χ1n) is 7.86. The van der Waals surface area contributed by atoms with Crippen LogP contribution in [-0.4, -0.2) is 29.2 Å². The van der Waals surface area contributed by atoms with Gasteiger partial charge in [0.25, 0.3) is 5.91 Å². The molecule has 4 rings (SSSR count). The Bertz CT molecular complexity index is 1180. The standard InChI is InChI=1S/C18H14ClN3O2S2/c1-24-7-6-22-14-5-3-12(19)9-16(14)26-18(22)21-17(23)11-2-4-13-15(8-11)25-10-20-13/h2-5,8-10H,6-7H2,1H3. The molecule has 2 aromatic heterocycles. The van der Waals surface area contributed by atoms with E-state index in [1.807, 2.05) is 34.9 Å². The highest BCUT2D eigenvalue weighted by Gasteiger charge is 2.11. The third kappa shape index (κ3) is 3.31. The first-order chi connectivity index (χ1) is 12.7. The highest BCUT2D eigenvalue weighted by molar-refractivity contribution is 7.17. The fourth-order valence-electron chi connectivity index (χ4n) is 2.67. The number of hydrogen-bond donors (Lipinski definition) is 0. The van der Waals surface area contributed by atoms with Crippen molar-refractivity contribution < 1.29 is 9.53 Å². The number of benzene rings is 2. The minimum absolute atomic E-state index is 0.274. The Kier molecular flexibility index (Phi) is 4.86. The van der Waals surface area contributed by atoms with Gasteiger partial charge in [-0.15, -0.1) is 11.3 Å². The highest BCUT2D eigenvalue weighted by atomic mass is 35.5. The van der Waals surface area contributed by atoms with Crippen LogP contribution in [-0.2, 0) is 11.3 Å². The van der Waals surface area contributed by atoms with Gasteiger partial charge in [-0.25, -0.2) is 4.98 Å². The molecule has 5 nitrogen and oxygen atoms in total. The van der Waals surface area contributed by atoms with E-state index >= 15 is 0 Å². The molecular formula is C18H14ClN3O2S2. The molecule has 2 heterocycles. The number of fused-ring (bicyclic) bond motifs is 2. The first-order valence-corrected chi connectivity index (χ1v) is 9.93. The number of thiazole rings is 2. The van der Waals surface area contributed by atoms with Gasteiger partial charge in [0, 0.05) is 24.2 Å². The van der Waals surface area contributed by atoms with Crippen molar-refractivity contribution in [1.29, 1.82) is 0 Å². The molecule has 1 amide bonds. The van der Waals surface area contributed by atoms with Crippen LogP contribution in [0.5, 0.6) is 0 Å². The Hall–Kier alpha value is -2.06. The monoisotopic (exact) mass is 403 g/mol. The molecule has 4 aromatic rings. The number of amides is 1. The van der Waals surface area contributed by atoms with Gasteiger partial charge in [0.15, 0.2) is 4.80 Å². The summed E-state index contributed by atoms with van der Waals surface area (Å²) >= 11 is 9.05. The van der Waals surface area contributed by atoms with Gasteiger partial charge < -0.3 is 9.30 Å². The maximum absolute atomic E-state index is 12.7. The minimum Gasteiger partial charge on any atom is -0.383 e. The second-order valence-corrected chi connectivity index (χ2v) is 7.92. The second kappa shape index (κ2) is 7.28. The fraction of sp³-hybridized carbons (Fsp3) is 0.167. The molecule has 0 N–H and O–H groups in total. The average Bonchev–Trinajstić information content (AvgIpc) is 3.23. The lowest BCUT2D eigenvalue weighted by Gasteiger charge is -2.04. The van der Waals surface area contributed by atoms with E-state index in [0.717, 1.165) is 20.4 Å². The molecule has 0 aliphatic carbocycles. The van der Waals surface area contributed by atoms with E-state index < -0.39 is 0 Å². The summed E-state index contributed by atoms with van der Waals surface area (Å²) in [6, 6.07) is 11.1. The molecule has 0 aliphatic rings. The molecule has 0 saturated carbocycles. The Labute approximate surface area is 162 Å². The van der Waals surface area contributed by atoms with E-state index in [9.17, 15) is 4.79 Å². The summed E-state index contributed by atoms with van der Waals surface area (Å²) in [6.07, 6.45) is 0. The molecule has 0 atom stereocenters. The Balaban J connectivity index is 1.81. The maximum Gasteiger partial charge on any atom is 0.279 e. The fourth-order valence-corrected chi connectivity index (χ4v) is 4.72. The van der Waals surface area contributed by atoms with E-state index in [1.54, 1.807) is 18.7 Å². The van der Waals surface area contributed by atoms with Crippen molar-refractivity contribution in [2.45, 2.75) is 6.54 Å². The zero-order valence-corrected chi connectivity index (χ0v) is 16.2. The third-order valence-corrected chi connectivity index (χ3v) is 6.01. The summed E-state index contributed by atoms with van der Waals surface area (Å²) in [4.78, 5) is 21.9. The summed E-state index contributed by atoms with van der Waals surface area (Å²) in [6.45, 7) is 1.14. The molecule has 2 aromatic carbocycles. The molecule has 0 bridgehead atoms. The van der Waals surface area contributed by atoms with Crippen LogP contribution in [0.1, 0.15) is 10.4 Å². The van der Waals surface area contributed by atoms with E-state index in [1.165, 1.54) is 22.7 Å². The molecule has 0 aliphatic heterocycles. The van der Waals surface area contributed by atoms with Crippen LogP contribution in [0.2, 0.25) is 5.02 Å². The normalized spacial score (nSPS) is 12.3. The number of methoxy groups -OCH3 is 1. The van der Waals surface area contributed by atoms with Crippen LogP contribution in [0.3, 0.4) is 0 Å². The van der Waals surface area contributed by atoms with Crippen molar-refractivity contribution >= 4 is 60.6 Å². The number of carbonyl (C=O) groups excluding carboxylic acids is 1. The summed E-state index contributed by atoms with van der Waals surface area (Å²) in [5.41, 5.74) is 4.19. The predicted molar refractivity (Wildman–Crippen MR) is 106 cm³/mol. The average molecular weight is 404 g/mol. The van der Waals surface area contributed by atoms with Crippen LogP contribution in [0.15, 0.2) is 46.9 Å². The zero-order valence-electron chi connectivity index (χ0n) is 13.8. The number of carbonyl (C=O) groups is 1. The van der Waals surface area contributed by atoms with Crippen LogP contribution in [0.4, 0.5) is 0 Å². The molecule has 0 saturated heterocycles. The van der Waals surface area contributed by atoms with Crippen molar-refractivity contribution in [3.8, 4) is 0 Å². The zero-order chi connectivity index (χ0) is 18.1. The Morgan fingerprint density at radius 2 is 2.15 bits per heavy atom. The van der Waals surface area contributed by atoms with Gasteiger partial charge >= 0.3 is 0 Å². The lowest BCUT2D eigenvalue weighted by Crippen LogP contribution is -2.19. The number of rotatable bonds is 4. The number of halogens is 1. The van der Waals surface area contributed by atoms with Crippen LogP contribution in [0, 0.1) is 0 Å². The SMILES string of the molecule is COCCn1c(=NC(=O)c2ccc3ncsc3c2)sc2cc(Cl)ccc21. The quantitative estimate of drug-likeness (QED) is 0.509. The number of nitrogens with zero attached hydrogens (tertiary/aromatic N) is 3. The van der Waals surface area contributed by atoms with Gasteiger partial charge in [-0.3, -0.25) is 4.79 Å². The van der Waals surface area contributed by atoms with Crippen molar-refractivity contribution in [3.63, 3.8) is 0 Å². The van der Waals surface area contributed by atoms with E-state index in [0.29, 0.717) is 28.5 Å². The summed E-state index contributed by atoms with van der Waals surface area (Å²) in [7, 11) is 1.65. The van der Waals surface area contributed by atoms with Crippen LogP contribution >= 0.6 is 34.3 Å². The van der Waals surface area contributed by atoms with E-state index in [4.69, 9.17) is 16.3 Å². The van der Waals surface area contributed by atoms with Crippen molar-refractivity contribution in [2.75, 3.05) is 13.7 Å². The van der Waals surface area contributed by atoms with Gasteiger partial charge in [0.1, 0.15) is 0 Å². The van der Waals surface area contributed by atoms with Gasteiger partial charge in [-0.2, -0.15) is 4.99 Å². The largest absolute Gasteiger partial charge is 0.383 e. The molecule has 0 radical (unpaired) electrons. The van der Waals surface area contributed by atoms with Crippen LogP contribution in [0.25, 0.3) is 20.4 Å². The molecule has 8 heteroatoms. The lowest BCUT2D eigenvalue weighted by molar-refractivity contribution is 0.0997. The van der Waals surface area contributed by atoms with Crippen LogP contribution < -0.4 is 4.80 Å². The van der Waals surface area contributed by atoms with Gasteiger partial charge in [0.2, 0.25) is 0 Å². The summed E-state index contributed by atoms with van der Waals surface area (Å²) in [5, 5.41) is 0.658. The number of ether oxygens (including phenoxy) is 1. The van der Waals surface area contributed by atoms with Crippen molar-refractivity contribution in [1.82, 2.24) is 9.55 Å². The van der Waals surface area contributed by atoms with Crippen molar-refractivity contribution in [3.05, 3.63) is 57.3 Å². The third-order valence-electron chi connectivity index (χ3n) is 3.94. The lowest BCUT2D eigenvalue weighted by atomic mass is 10.2. The maximum atomic E-state index is 12.7. The minimum atomic E-state index is -0.274. The summed E-state index contributed by atoms with van der Waals surface area (Å²) in [5.74, 6) is -0.274. The number of aromatic nitrogens is 2. The predicted octanol–water partition coefficient (Wildman–Crippen LogP) is 4.35. The van der Waals surface area contributed by atoms with Gasteiger partial charge in [-0.05, 0) is 36.4 Å². The Morgan fingerprint density at radius 1 is 1.27 bits per heavy atom. The molecular weight excluding hydrogens is 390 g/mol. The van der Waals surface area contributed by atoms with E-state index in [-0.39, 0.29) is 5.91 Å². The summed E-state index contributed by atoms with van der Waals surface area (Å²) < 4.78 is 9.14. The first kappa shape index (κ1) is 17.4. The second-order valence-electron chi connectivity index (χ2n) is 5.59. The molecule has 0 fully saturated rings. The van der Waals surface area contributed by atoms with Gasteiger partial charge in [-0.1, -0.05) is 22.9 Å². The smallest absolute Gasteiger partial charge is 0.279 e. The molecule has 0 unspecified atom stereocenters. The molecule has 26 heavy (non-hydrogen) atoms. The Morgan fingerprint density at radius 3 is 3.00 bits per heavy atom. The molecule has 132 valence electrons. The van der Waals surface area contributed by atoms with Crippen molar-refractivity contribution in [2.24, 2.45) is 4.99 Å². The van der Waals surface area contributed by atoms with E-state index in [2.05, 4.69) is 9.98 Å². The topological polar surface area (TPSA) is 56.5 Å².